The fourth-order valence-corrected chi connectivity index (χ4v) is 2.38. The van der Waals surface area contributed by atoms with Crippen LogP contribution >= 0.6 is 0 Å². The van der Waals surface area contributed by atoms with Crippen LogP contribution in [0.25, 0.3) is 10.9 Å². The Balaban J connectivity index is 1.51. The van der Waals surface area contributed by atoms with E-state index >= 15 is 0 Å². The number of fused-ring (bicyclic) bond motifs is 1. The highest BCUT2D eigenvalue weighted by atomic mass is 16.2. The lowest BCUT2D eigenvalue weighted by Gasteiger charge is -2.07. The van der Waals surface area contributed by atoms with E-state index < -0.39 is 0 Å². The van der Waals surface area contributed by atoms with E-state index in [0.717, 1.165) is 16.6 Å². The van der Waals surface area contributed by atoms with E-state index in [0.29, 0.717) is 0 Å². The van der Waals surface area contributed by atoms with Gasteiger partial charge in [0.05, 0.1) is 6.20 Å². The largest absolute Gasteiger partial charge is 0.351 e. The molecule has 0 radical (unpaired) electrons. The molecule has 0 fully saturated rings. The van der Waals surface area contributed by atoms with E-state index in [-0.39, 0.29) is 30.5 Å². The van der Waals surface area contributed by atoms with Gasteiger partial charge in [0.25, 0.3) is 5.91 Å². The van der Waals surface area contributed by atoms with Crippen molar-refractivity contribution in [2.24, 2.45) is 7.05 Å². The van der Waals surface area contributed by atoms with Crippen molar-refractivity contribution in [1.82, 2.24) is 19.9 Å². The average molecular weight is 323 g/mol. The summed E-state index contributed by atoms with van der Waals surface area (Å²) in [6.45, 7) is 0.231. The quantitative estimate of drug-likeness (QED) is 0.748. The maximum atomic E-state index is 12.0. The van der Waals surface area contributed by atoms with Gasteiger partial charge in [-0.15, -0.1) is 0 Å². The molecule has 2 amide bonds. The molecule has 3 rings (SSSR count). The van der Waals surface area contributed by atoms with Crippen molar-refractivity contribution in [2.45, 2.75) is 6.42 Å². The molecule has 0 spiro atoms. The molecule has 0 unspecified atom stereocenters. The Morgan fingerprint density at radius 1 is 1.21 bits per heavy atom. The average Bonchev–Trinajstić information content (AvgIpc) is 2.96. The van der Waals surface area contributed by atoms with Gasteiger partial charge in [-0.05, 0) is 24.3 Å². The number of nitrogens with zero attached hydrogens (tertiary/aromatic N) is 3. The molecule has 2 aromatic heterocycles. The summed E-state index contributed by atoms with van der Waals surface area (Å²) >= 11 is 0. The van der Waals surface area contributed by atoms with E-state index in [9.17, 15) is 9.59 Å². The summed E-state index contributed by atoms with van der Waals surface area (Å²) in [5, 5.41) is 6.53. The van der Waals surface area contributed by atoms with Crippen molar-refractivity contribution in [3.8, 4) is 0 Å². The van der Waals surface area contributed by atoms with Crippen LogP contribution in [0.1, 0.15) is 16.9 Å². The summed E-state index contributed by atoms with van der Waals surface area (Å²) in [7, 11) is 1.97. The van der Waals surface area contributed by atoms with Crippen molar-refractivity contribution >= 4 is 28.4 Å². The lowest BCUT2D eigenvalue weighted by Crippen LogP contribution is -2.28. The van der Waals surface area contributed by atoms with Crippen LogP contribution in [-0.4, -0.2) is 32.9 Å². The third-order valence-corrected chi connectivity index (χ3v) is 3.60. The minimum Gasteiger partial charge on any atom is -0.351 e. The summed E-state index contributed by atoms with van der Waals surface area (Å²) in [6.07, 6.45) is 6.47. The molecule has 0 bridgehead atoms. The molecular weight excluding hydrogens is 306 g/mol. The van der Waals surface area contributed by atoms with Crippen molar-refractivity contribution in [3.63, 3.8) is 0 Å². The SMILES string of the molecule is Cn1ccc2cc(NC(=O)CCNC(=O)c3cnccn3)ccc21. The fourth-order valence-electron chi connectivity index (χ4n) is 2.38. The molecule has 1 aromatic carbocycles. The van der Waals surface area contributed by atoms with Crippen molar-refractivity contribution in [3.05, 3.63) is 54.7 Å². The molecule has 3 aromatic rings. The Hall–Kier alpha value is -3.22. The zero-order chi connectivity index (χ0) is 16.9. The maximum Gasteiger partial charge on any atom is 0.271 e. The first-order valence-corrected chi connectivity index (χ1v) is 7.52. The highest BCUT2D eigenvalue weighted by Gasteiger charge is 2.08. The van der Waals surface area contributed by atoms with Gasteiger partial charge in [-0.1, -0.05) is 0 Å². The van der Waals surface area contributed by atoms with E-state index in [1.165, 1.54) is 18.6 Å². The molecule has 7 heteroatoms. The first-order valence-electron chi connectivity index (χ1n) is 7.52. The molecule has 0 aliphatic rings. The third kappa shape index (κ3) is 3.57. The minimum absolute atomic E-state index is 0.162. The monoisotopic (exact) mass is 323 g/mol. The van der Waals surface area contributed by atoms with Crippen LogP contribution in [0.2, 0.25) is 0 Å². The number of aromatic nitrogens is 3. The minimum atomic E-state index is -0.346. The van der Waals surface area contributed by atoms with Crippen LogP contribution in [-0.2, 0) is 11.8 Å². The maximum absolute atomic E-state index is 12.0. The number of rotatable bonds is 5. The molecule has 122 valence electrons. The van der Waals surface area contributed by atoms with Crippen molar-refractivity contribution in [1.29, 1.82) is 0 Å². The van der Waals surface area contributed by atoms with Gasteiger partial charge in [0.1, 0.15) is 5.69 Å². The van der Waals surface area contributed by atoms with E-state index in [4.69, 9.17) is 0 Å². The van der Waals surface area contributed by atoms with Crippen LogP contribution in [0.15, 0.2) is 49.1 Å². The Morgan fingerprint density at radius 3 is 2.88 bits per heavy atom. The number of carbonyl (C=O) groups is 2. The number of aryl methyl sites for hydroxylation is 1. The van der Waals surface area contributed by atoms with Crippen LogP contribution in [0.5, 0.6) is 0 Å². The predicted molar refractivity (Wildman–Crippen MR) is 90.5 cm³/mol. The zero-order valence-electron chi connectivity index (χ0n) is 13.2. The topological polar surface area (TPSA) is 88.9 Å². The number of benzene rings is 1. The standard InChI is InChI=1S/C17H17N5O2/c1-22-9-5-12-10-13(2-3-15(12)22)21-16(23)4-6-20-17(24)14-11-18-7-8-19-14/h2-3,5,7-11H,4,6H2,1H3,(H,20,24)(H,21,23). The fraction of sp³-hybridized carbons (Fsp3) is 0.176. The molecule has 0 saturated heterocycles. The van der Waals surface area contributed by atoms with Crippen molar-refractivity contribution < 1.29 is 9.59 Å². The summed E-state index contributed by atoms with van der Waals surface area (Å²) in [5.41, 5.74) is 2.07. The van der Waals surface area contributed by atoms with Gasteiger partial charge in [0, 0.05) is 55.2 Å². The first kappa shape index (κ1) is 15.7. The summed E-state index contributed by atoms with van der Waals surface area (Å²) in [5.74, 6) is -0.508. The van der Waals surface area contributed by atoms with Gasteiger partial charge in [0.2, 0.25) is 5.91 Å². The molecule has 0 aliphatic carbocycles. The van der Waals surface area contributed by atoms with Gasteiger partial charge in [-0.25, -0.2) is 4.98 Å². The van der Waals surface area contributed by atoms with Crippen LogP contribution in [0, 0.1) is 0 Å². The van der Waals surface area contributed by atoms with Gasteiger partial charge < -0.3 is 15.2 Å². The van der Waals surface area contributed by atoms with Gasteiger partial charge in [-0.2, -0.15) is 0 Å². The van der Waals surface area contributed by atoms with Crippen LogP contribution in [0.3, 0.4) is 0 Å². The second-order valence-electron chi connectivity index (χ2n) is 5.34. The number of amides is 2. The third-order valence-electron chi connectivity index (χ3n) is 3.60. The highest BCUT2D eigenvalue weighted by molar-refractivity contribution is 5.95. The first-order chi connectivity index (χ1) is 11.6. The number of anilines is 1. The second kappa shape index (κ2) is 6.91. The molecule has 7 nitrogen and oxygen atoms in total. The summed E-state index contributed by atoms with van der Waals surface area (Å²) in [6, 6.07) is 7.73. The van der Waals surface area contributed by atoms with E-state index in [2.05, 4.69) is 20.6 Å². The Labute approximate surface area is 138 Å². The van der Waals surface area contributed by atoms with Gasteiger partial charge in [-0.3, -0.25) is 14.6 Å². The highest BCUT2D eigenvalue weighted by Crippen LogP contribution is 2.19. The number of nitrogens with one attached hydrogen (secondary N) is 2. The number of carbonyl (C=O) groups excluding carboxylic acids is 2. The molecule has 24 heavy (non-hydrogen) atoms. The van der Waals surface area contributed by atoms with Gasteiger partial charge >= 0.3 is 0 Å². The Kier molecular flexibility index (Phi) is 4.51. The lowest BCUT2D eigenvalue weighted by atomic mass is 10.2. The van der Waals surface area contributed by atoms with Crippen molar-refractivity contribution in [2.75, 3.05) is 11.9 Å². The van der Waals surface area contributed by atoms with E-state index in [1.54, 1.807) is 0 Å². The zero-order valence-corrected chi connectivity index (χ0v) is 13.2. The number of hydrogen-bond acceptors (Lipinski definition) is 4. The molecule has 2 heterocycles. The molecule has 0 aliphatic heterocycles. The molecular formula is C17H17N5O2. The Bertz CT molecular complexity index is 873. The normalized spacial score (nSPS) is 10.5. The molecule has 0 atom stereocenters. The molecule has 0 saturated carbocycles. The lowest BCUT2D eigenvalue weighted by molar-refractivity contribution is -0.116. The predicted octanol–water partition coefficient (Wildman–Crippen LogP) is 1.73. The van der Waals surface area contributed by atoms with Crippen LogP contribution < -0.4 is 10.6 Å². The van der Waals surface area contributed by atoms with Gasteiger partial charge in [0.15, 0.2) is 0 Å². The smallest absolute Gasteiger partial charge is 0.271 e. The number of hydrogen-bond donors (Lipinski definition) is 2. The van der Waals surface area contributed by atoms with E-state index in [1.807, 2.05) is 42.1 Å². The summed E-state index contributed by atoms with van der Waals surface area (Å²) in [4.78, 5) is 31.5. The molecule has 2 N–H and O–H groups in total. The Morgan fingerprint density at radius 2 is 2.08 bits per heavy atom. The summed E-state index contributed by atoms with van der Waals surface area (Å²) < 4.78 is 2.02. The van der Waals surface area contributed by atoms with Crippen LogP contribution in [0.4, 0.5) is 5.69 Å². The second-order valence-corrected chi connectivity index (χ2v) is 5.34.